The van der Waals surface area contributed by atoms with E-state index in [9.17, 15) is 0 Å². The molecule has 4 N–H and O–H groups in total. The first-order valence-corrected chi connectivity index (χ1v) is 2.97. The molecule has 0 aromatic rings. The van der Waals surface area contributed by atoms with Crippen LogP contribution in [0.5, 0.6) is 0 Å². The molecule has 0 radical (unpaired) electrons. The van der Waals surface area contributed by atoms with Crippen molar-refractivity contribution in [1.29, 1.82) is 0 Å². The Labute approximate surface area is 57.5 Å². The van der Waals surface area contributed by atoms with E-state index in [0.717, 1.165) is 0 Å². The van der Waals surface area contributed by atoms with Gasteiger partial charge in [0.1, 0.15) is 18.3 Å². The van der Waals surface area contributed by atoms with Gasteiger partial charge in [0.15, 0.2) is 6.29 Å². The molecule has 1 saturated heterocycles. The summed E-state index contributed by atoms with van der Waals surface area (Å²) in [5.74, 6) is 0. The maximum absolute atomic E-state index is 8.88. The summed E-state index contributed by atoms with van der Waals surface area (Å²) in [5, 5.41) is 35.3. The van der Waals surface area contributed by atoms with E-state index < -0.39 is 24.6 Å². The number of aliphatic hydroxyl groups excluding tert-OH is 4. The van der Waals surface area contributed by atoms with Gasteiger partial charge >= 0.3 is 0 Å². The standard InChI is InChI=1S/C5H10O5/c6-2-1-10-5(9)4(8)3(2)7/h2-9H,1H2/t2-,3?,4-,5?/m1/s1/i1+1,2+1,3+1,4+1,5+1. The summed E-state index contributed by atoms with van der Waals surface area (Å²) in [6.07, 6.45) is -5.23. The fourth-order valence-electron chi connectivity index (χ4n) is 0.791. The molecule has 0 aromatic carbocycles. The molecule has 1 aliphatic rings. The van der Waals surface area contributed by atoms with E-state index in [1.165, 1.54) is 0 Å². The lowest BCUT2D eigenvalue weighted by molar-refractivity contribution is -0.252. The van der Waals surface area contributed by atoms with E-state index in [-0.39, 0.29) is 6.61 Å². The zero-order valence-electron chi connectivity index (χ0n) is 5.21. The van der Waals surface area contributed by atoms with Gasteiger partial charge in [0.25, 0.3) is 0 Å². The maximum Gasteiger partial charge on any atom is 0.183 e. The van der Waals surface area contributed by atoms with Crippen LogP contribution in [0.15, 0.2) is 0 Å². The SMILES string of the molecule is O[13CH]1O[13CH2][13C@@H](O)[13CH](O)[13C@H]1O. The lowest BCUT2D eigenvalue weighted by Crippen LogP contribution is -2.52. The molecule has 1 fully saturated rings. The molecule has 0 aromatic heterocycles. The van der Waals surface area contributed by atoms with E-state index in [1.54, 1.807) is 0 Å². The second-order valence-corrected chi connectivity index (χ2v) is 2.27. The molecule has 0 bridgehead atoms. The van der Waals surface area contributed by atoms with Crippen molar-refractivity contribution < 1.29 is 25.2 Å². The van der Waals surface area contributed by atoms with Gasteiger partial charge in [-0.25, -0.2) is 0 Å². The van der Waals surface area contributed by atoms with Crippen LogP contribution in [0.2, 0.25) is 0 Å². The number of rotatable bonds is 0. The van der Waals surface area contributed by atoms with E-state index in [1.807, 2.05) is 0 Å². The second kappa shape index (κ2) is 2.81. The van der Waals surface area contributed by atoms with Crippen molar-refractivity contribution in [2.24, 2.45) is 0 Å². The third-order valence-corrected chi connectivity index (χ3v) is 1.47. The summed E-state index contributed by atoms with van der Waals surface area (Å²) >= 11 is 0. The highest BCUT2D eigenvalue weighted by atomic mass is 16.8. The molecule has 0 aliphatic carbocycles. The predicted molar refractivity (Wildman–Crippen MR) is 30.0 cm³/mol. The van der Waals surface area contributed by atoms with Gasteiger partial charge in [-0.3, -0.25) is 0 Å². The van der Waals surface area contributed by atoms with E-state index in [0.29, 0.717) is 0 Å². The lowest BCUT2D eigenvalue weighted by atomic mass is 11.0. The van der Waals surface area contributed by atoms with Gasteiger partial charge in [-0.15, -0.1) is 0 Å². The number of hydrogen-bond donors (Lipinski definition) is 4. The van der Waals surface area contributed by atoms with Gasteiger partial charge in [-0.05, 0) is 0 Å². The zero-order chi connectivity index (χ0) is 7.72. The summed E-state index contributed by atoms with van der Waals surface area (Å²) in [7, 11) is 0. The molecule has 5 heteroatoms. The van der Waals surface area contributed by atoms with Crippen molar-refractivity contribution in [2.45, 2.75) is 24.6 Å². The highest BCUT2D eigenvalue weighted by Gasteiger charge is 2.36. The topological polar surface area (TPSA) is 90.2 Å². The monoisotopic (exact) mass is 155 g/mol. The first-order valence-electron chi connectivity index (χ1n) is 2.97. The molecule has 5 nitrogen and oxygen atoms in total. The van der Waals surface area contributed by atoms with Crippen molar-refractivity contribution in [2.75, 3.05) is 6.61 Å². The summed E-state index contributed by atoms with van der Waals surface area (Å²) in [4.78, 5) is 0. The van der Waals surface area contributed by atoms with Crippen LogP contribution in [0.4, 0.5) is 0 Å². The molecule has 1 heterocycles. The van der Waals surface area contributed by atoms with E-state index in [4.69, 9.17) is 20.4 Å². The average molecular weight is 155 g/mol. The van der Waals surface area contributed by atoms with Crippen molar-refractivity contribution in [3.05, 3.63) is 0 Å². The number of ether oxygens (including phenoxy) is 1. The fraction of sp³-hybridized carbons (Fsp3) is 1.00. The average Bonchev–Trinajstić information content (AvgIpc) is 1.93. The molecule has 4 atom stereocenters. The van der Waals surface area contributed by atoms with Gasteiger partial charge in [0, 0.05) is 0 Å². The Morgan fingerprint density at radius 2 is 1.60 bits per heavy atom. The third kappa shape index (κ3) is 1.28. The Morgan fingerprint density at radius 3 is 2.10 bits per heavy atom. The third-order valence-electron chi connectivity index (χ3n) is 1.47. The Hall–Kier alpha value is -0.200. The quantitative estimate of drug-likeness (QED) is 0.288. The molecule has 0 saturated carbocycles. The smallest absolute Gasteiger partial charge is 0.183 e. The van der Waals surface area contributed by atoms with Gasteiger partial charge < -0.3 is 25.2 Å². The summed E-state index contributed by atoms with van der Waals surface area (Å²) in [6, 6.07) is 0. The molecule has 60 valence electrons. The van der Waals surface area contributed by atoms with Crippen molar-refractivity contribution in [1.82, 2.24) is 0 Å². The Kier molecular flexibility index (Phi) is 2.22. The van der Waals surface area contributed by atoms with Crippen LogP contribution in [0.3, 0.4) is 0 Å². The summed E-state index contributed by atoms with van der Waals surface area (Å²) in [5.41, 5.74) is 0. The van der Waals surface area contributed by atoms with Crippen LogP contribution in [0, 0.1) is 0 Å². The summed E-state index contributed by atoms with van der Waals surface area (Å²) in [6.45, 7) is -0.153. The zero-order valence-corrected chi connectivity index (χ0v) is 5.21. The van der Waals surface area contributed by atoms with Gasteiger partial charge in [-0.1, -0.05) is 0 Å². The molecule has 1 aliphatic heterocycles. The van der Waals surface area contributed by atoms with Crippen LogP contribution >= 0.6 is 0 Å². The number of hydrogen-bond acceptors (Lipinski definition) is 5. The van der Waals surface area contributed by atoms with Crippen molar-refractivity contribution in [3.8, 4) is 0 Å². The van der Waals surface area contributed by atoms with Crippen LogP contribution in [0.1, 0.15) is 0 Å². The Balaban J connectivity index is 2.52. The minimum atomic E-state index is -1.41. The van der Waals surface area contributed by atoms with Gasteiger partial charge in [-0.2, -0.15) is 0 Å². The van der Waals surface area contributed by atoms with Crippen LogP contribution in [-0.4, -0.2) is 51.6 Å². The molecule has 2 unspecified atom stereocenters. The van der Waals surface area contributed by atoms with Crippen molar-refractivity contribution >= 4 is 0 Å². The second-order valence-electron chi connectivity index (χ2n) is 2.27. The molecular formula is C5H10O5. The van der Waals surface area contributed by atoms with Crippen LogP contribution in [0.25, 0.3) is 0 Å². The lowest BCUT2D eigenvalue weighted by Gasteiger charge is -2.31. The van der Waals surface area contributed by atoms with Crippen LogP contribution < -0.4 is 0 Å². The highest BCUT2D eigenvalue weighted by Crippen LogP contribution is 2.12. The van der Waals surface area contributed by atoms with E-state index >= 15 is 0 Å². The number of aliphatic hydroxyl groups is 4. The molecule has 1 rings (SSSR count). The predicted octanol–water partition coefficient (Wildman–Crippen LogP) is -2.58. The molecule has 0 amide bonds. The van der Waals surface area contributed by atoms with Gasteiger partial charge in [0.05, 0.1) is 6.61 Å². The van der Waals surface area contributed by atoms with Crippen molar-refractivity contribution in [3.63, 3.8) is 0 Å². The molecule has 10 heavy (non-hydrogen) atoms. The molecule has 0 spiro atoms. The fourth-order valence-corrected chi connectivity index (χ4v) is 0.791. The first kappa shape index (κ1) is 7.90. The first-order chi connectivity index (χ1) is 4.63. The largest absolute Gasteiger partial charge is 0.388 e. The normalized spacial score (nSPS) is 49.2. The Morgan fingerprint density at radius 1 is 1.00 bits per heavy atom. The van der Waals surface area contributed by atoms with E-state index in [2.05, 4.69) is 4.74 Å². The minimum absolute atomic E-state index is 0.153. The highest BCUT2D eigenvalue weighted by molar-refractivity contribution is 4.81. The maximum atomic E-state index is 8.88. The van der Waals surface area contributed by atoms with Gasteiger partial charge in [0.2, 0.25) is 0 Å². The van der Waals surface area contributed by atoms with Crippen LogP contribution in [-0.2, 0) is 4.74 Å². The Bertz CT molecular complexity index is 103. The minimum Gasteiger partial charge on any atom is -0.388 e. The summed E-state index contributed by atoms with van der Waals surface area (Å²) < 4.78 is 4.47. The molecular weight excluding hydrogens is 145 g/mol.